The number of aromatic nitrogens is 3. The molecule has 3 heterocycles. The Kier molecular flexibility index (Phi) is 1.76. The molecule has 3 rings (SSSR count). The molecule has 0 aromatic carbocycles. The van der Waals surface area contributed by atoms with E-state index < -0.39 is 11.7 Å². The number of aliphatic hydroxyl groups is 1. The van der Waals surface area contributed by atoms with Crippen molar-refractivity contribution >= 4 is 30.4 Å². The summed E-state index contributed by atoms with van der Waals surface area (Å²) in [5.41, 5.74) is 0.330. The molecule has 1 aromatic heterocycles. The number of aliphatic hydroxyl groups excluding tert-OH is 1. The van der Waals surface area contributed by atoms with E-state index in [1.807, 2.05) is 7.85 Å². The van der Waals surface area contributed by atoms with Gasteiger partial charge in [0.25, 0.3) is 0 Å². The van der Waals surface area contributed by atoms with E-state index in [1.54, 1.807) is 10.9 Å². The van der Waals surface area contributed by atoms with Gasteiger partial charge >= 0.3 is 0 Å². The van der Waals surface area contributed by atoms with Gasteiger partial charge in [-0.25, -0.2) is 4.68 Å². The Hall–Kier alpha value is -0.145. The number of alkyl halides is 1. The van der Waals surface area contributed by atoms with Crippen molar-refractivity contribution in [1.29, 1.82) is 0 Å². The monoisotopic (exact) mass is 305 g/mol. The molecule has 14 heavy (non-hydrogen) atoms. The van der Waals surface area contributed by atoms with Gasteiger partial charge in [-0.1, -0.05) is 27.8 Å². The molecule has 5 nitrogen and oxygen atoms in total. The minimum absolute atomic E-state index is 0.00830. The van der Waals surface area contributed by atoms with Gasteiger partial charge in [0.05, 0.1) is 17.9 Å². The molecule has 1 N–H and O–H groups in total. The highest BCUT2D eigenvalue weighted by Gasteiger charge is 2.62. The van der Waals surface area contributed by atoms with E-state index in [9.17, 15) is 5.11 Å². The molecule has 1 saturated heterocycles. The van der Waals surface area contributed by atoms with Gasteiger partial charge in [0, 0.05) is 4.43 Å². The average molecular weight is 305 g/mol. The Labute approximate surface area is 95.4 Å². The maximum absolute atomic E-state index is 10.1. The van der Waals surface area contributed by atoms with Crippen molar-refractivity contribution in [2.45, 2.75) is 23.8 Å². The SMILES string of the molecule is B[C@@H]1O[C@@]2(CI)c3cnnn3C1C2O. The summed E-state index contributed by atoms with van der Waals surface area (Å²) in [6, 6.07) is -0.0590. The van der Waals surface area contributed by atoms with E-state index in [2.05, 4.69) is 32.9 Å². The standard InChI is InChI=1S/C7H9BIN3O2/c8-6-4-5(13)7(2-9,14-6)3-1-10-11-12(3)4/h1,4-6,13H,2,8H2/t4?,5?,6-,7+/m1/s1. The third kappa shape index (κ3) is 0.797. The highest BCUT2D eigenvalue weighted by molar-refractivity contribution is 14.1. The van der Waals surface area contributed by atoms with Crippen molar-refractivity contribution < 1.29 is 9.84 Å². The van der Waals surface area contributed by atoms with Crippen molar-refractivity contribution in [3.05, 3.63) is 11.9 Å². The smallest absolute Gasteiger partial charge is 0.147 e. The van der Waals surface area contributed by atoms with Gasteiger partial charge in [0.2, 0.25) is 0 Å². The minimum Gasteiger partial charge on any atom is -0.387 e. The van der Waals surface area contributed by atoms with E-state index in [-0.39, 0.29) is 12.0 Å². The fraction of sp³-hybridized carbons (Fsp3) is 0.714. The molecule has 0 amide bonds. The molecule has 0 saturated carbocycles. The van der Waals surface area contributed by atoms with Gasteiger partial charge in [0.1, 0.15) is 25.6 Å². The van der Waals surface area contributed by atoms with Crippen molar-refractivity contribution in [3.63, 3.8) is 0 Å². The first kappa shape index (κ1) is 9.11. The summed E-state index contributed by atoms with van der Waals surface area (Å²) in [4.78, 5) is 0. The Morgan fingerprint density at radius 1 is 1.79 bits per heavy atom. The lowest BCUT2D eigenvalue weighted by Gasteiger charge is -2.27. The molecule has 74 valence electrons. The molecule has 0 radical (unpaired) electrons. The predicted octanol–water partition coefficient (Wildman–Crippen LogP) is -1.19. The average Bonchev–Trinajstić information content (AvgIpc) is 2.76. The minimum atomic E-state index is -0.575. The van der Waals surface area contributed by atoms with Crippen molar-refractivity contribution in [1.82, 2.24) is 15.0 Å². The second kappa shape index (κ2) is 2.70. The molecule has 2 aliphatic rings. The molecular formula is C7H9BIN3O2. The van der Waals surface area contributed by atoms with Crippen LogP contribution in [0.2, 0.25) is 0 Å². The number of hydrogen-bond acceptors (Lipinski definition) is 4. The maximum atomic E-state index is 10.1. The lowest BCUT2D eigenvalue weighted by molar-refractivity contribution is -0.0525. The van der Waals surface area contributed by atoms with Gasteiger partial charge < -0.3 is 9.84 Å². The zero-order chi connectivity index (χ0) is 9.92. The summed E-state index contributed by atoms with van der Waals surface area (Å²) in [6.45, 7) is 0. The predicted molar refractivity (Wildman–Crippen MR) is 59.0 cm³/mol. The highest BCUT2D eigenvalue weighted by Crippen LogP contribution is 2.51. The largest absolute Gasteiger partial charge is 0.387 e. The van der Waals surface area contributed by atoms with Crippen LogP contribution >= 0.6 is 22.6 Å². The molecule has 1 fully saturated rings. The lowest BCUT2D eigenvalue weighted by Crippen LogP contribution is -2.36. The third-order valence-corrected chi connectivity index (χ3v) is 4.30. The summed E-state index contributed by atoms with van der Waals surface area (Å²) in [6.07, 6.45) is 1.20. The van der Waals surface area contributed by atoms with Crippen LogP contribution in [0.5, 0.6) is 0 Å². The fourth-order valence-electron chi connectivity index (χ4n) is 2.49. The molecule has 2 aliphatic heterocycles. The molecular weight excluding hydrogens is 296 g/mol. The van der Waals surface area contributed by atoms with Gasteiger partial charge in [-0.15, -0.1) is 5.10 Å². The van der Waals surface area contributed by atoms with Crippen LogP contribution in [-0.2, 0) is 10.3 Å². The summed E-state index contributed by atoms with van der Waals surface area (Å²) in [5, 5.41) is 18.0. The molecule has 7 heteroatoms. The summed E-state index contributed by atoms with van der Waals surface area (Å²) >= 11 is 2.23. The summed E-state index contributed by atoms with van der Waals surface area (Å²) in [7, 11) is 1.96. The Balaban J connectivity index is 2.22. The maximum Gasteiger partial charge on any atom is 0.147 e. The van der Waals surface area contributed by atoms with Crippen LogP contribution < -0.4 is 0 Å². The zero-order valence-corrected chi connectivity index (χ0v) is 9.75. The van der Waals surface area contributed by atoms with Crippen LogP contribution in [0.15, 0.2) is 6.20 Å². The van der Waals surface area contributed by atoms with Gasteiger partial charge in [-0.3, -0.25) is 0 Å². The van der Waals surface area contributed by atoms with Crippen molar-refractivity contribution in [2.75, 3.05) is 4.43 Å². The fourth-order valence-corrected chi connectivity index (χ4v) is 3.52. The van der Waals surface area contributed by atoms with Crippen molar-refractivity contribution in [2.24, 2.45) is 0 Å². The topological polar surface area (TPSA) is 60.2 Å². The van der Waals surface area contributed by atoms with Crippen LogP contribution in [0.3, 0.4) is 0 Å². The first-order valence-electron chi connectivity index (χ1n) is 4.53. The number of nitrogens with zero attached hydrogens (tertiary/aromatic N) is 3. The molecule has 2 unspecified atom stereocenters. The second-order valence-electron chi connectivity index (χ2n) is 3.85. The van der Waals surface area contributed by atoms with E-state index in [0.29, 0.717) is 0 Å². The Morgan fingerprint density at radius 3 is 3.29 bits per heavy atom. The second-order valence-corrected chi connectivity index (χ2v) is 4.61. The van der Waals surface area contributed by atoms with E-state index >= 15 is 0 Å². The van der Waals surface area contributed by atoms with Crippen LogP contribution in [-0.4, -0.2) is 44.5 Å². The first-order chi connectivity index (χ1) is 6.70. The number of ether oxygens (including phenoxy) is 1. The van der Waals surface area contributed by atoms with E-state index in [0.717, 1.165) is 10.1 Å². The lowest BCUT2D eigenvalue weighted by atomic mass is 9.90. The normalized spacial score (nSPS) is 44.3. The number of hydrogen-bond donors (Lipinski definition) is 1. The quantitative estimate of drug-likeness (QED) is 0.403. The summed E-state index contributed by atoms with van der Waals surface area (Å²) in [5.74, 6) is 0. The van der Waals surface area contributed by atoms with Crippen LogP contribution in [0.4, 0.5) is 0 Å². The summed E-state index contributed by atoms with van der Waals surface area (Å²) < 4.78 is 8.36. The van der Waals surface area contributed by atoms with Gasteiger partial charge in [0.15, 0.2) is 0 Å². The Bertz CT molecular complexity index is 387. The molecule has 2 bridgehead atoms. The first-order valence-corrected chi connectivity index (χ1v) is 6.06. The number of fused-ring (bicyclic) bond motifs is 5. The van der Waals surface area contributed by atoms with Gasteiger partial charge in [-0.05, 0) is 0 Å². The zero-order valence-electron chi connectivity index (χ0n) is 7.59. The van der Waals surface area contributed by atoms with Crippen molar-refractivity contribution in [3.8, 4) is 0 Å². The van der Waals surface area contributed by atoms with Crippen LogP contribution in [0, 0.1) is 0 Å². The number of rotatable bonds is 1. The third-order valence-electron chi connectivity index (χ3n) is 3.17. The van der Waals surface area contributed by atoms with E-state index in [1.165, 1.54) is 0 Å². The molecule has 0 spiro atoms. The molecule has 0 aliphatic carbocycles. The highest BCUT2D eigenvalue weighted by atomic mass is 127. The number of halogens is 1. The molecule has 4 atom stereocenters. The molecule has 1 aromatic rings. The van der Waals surface area contributed by atoms with Crippen LogP contribution in [0.1, 0.15) is 11.7 Å². The van der Waals surface area contributed by atoms with Crippen LogP contribution in [0.25, 0.3) is 0 Å². The van der Waals surface area contributed by atoms with E-state index in [4.69, 9.17) is 4.74 Å². The Morgan fingerprint density at radius 2 is 2.57 bits per heavy atom. The van der Waals surface area contributed by atoms with Gasteiger partial charge in [-0.2, -0.15) is 0 Å².